The lowest BCUT2D eigenvalue weighted by molar-refractivity contribution is 0.0706. The van der Waals surface area contributed by atoms with Gasteiger partial charge in [-0.05, 0) is 55.2 Å². The molecule has 0 unspecified atom stereocenters. The Bertz CT molecular complexity index is 1100. The van der Waals surface area contributed by atoms with Crippen LogP contribution in [0, 0.1) is 5.92 Å². The number of anilines is 2. The maximum absolute atomic E-state index is 11.7. The molecule has 1 saturated carbocycles. The van der Waals surface area contributed by atoms with Gasteiger partial charge in [-0.3, -0.25) is 10.0 Å². The Morgan fingerprint density at radius 3 is 2.62 bits per heavy atom. The molecule has 5 rings (SSSR count). The van der Waals surface area contributed by atoms with E-state index in [1.807, 2.05) is 48.7 Å². The van der Waals surface area contributed by atoms with E-state index >= 15 is 0 Å². The highest BCUT2D eigenvalue weighted by Gasteiger charge is 2.30. The maximum Gasteiger partial charge on any atom is 0.274 e. The van der Waals surface area contributed by atoms with Gasteiger partial charge >= 0.3 is 0 Å². The number of aliphatic imine (C=N–C) groups is 1. The second-order valence-electron chi connectivity index (χ2n) is 7.40. The van der Waals surface area contributed by atoms with Crippen LogP contribution in [0.3, 0.4) is 0 Å². The Labute approximate surface area is 168 Å². The molecule has 6 heteroatoms. The van der Waals surface area contributed by atoms with Gasteiger partial charge in [-0.25, -0.2) is 15.5 Å². The second-order valence-corrected chi connectivity index (χ2v) is 7.40. The lowest BCUT2D eigenvalue weighted by Gasteiger charge is -2.25. The first kappa shape index (κ1) is 17.6. The van der Waals surface area contributed by atoms with Crippen molar-refractivity contribution in [2.75, 3.05) is 11.4 Å². The number of aromatic nitrogens is 1. The van der Waals surface area contributed by atoms with Crippen LogP contribution in [0.1, 0.15) is 34.3 Å². The number of benzene rings is 2. The summed E-state index contributed by atoms with van der Waals surface area (Å²) in [6.07, 6.45) is 4.32. The summed E-state index contributed by atoms with van der Waals surface area (Å²) in [6, 6.07) is 19.2. The first-order chi connectivity index (χ1) is 14.2. The van der Waals surface area contributed by atoms with Crippen LogP contribution in [-0.4, -0.2) is 28.4 Å². The number of carbonyl (C=O) groups is 1. The van der Waals surface area contributed by atoms with Crippen LogP contribution in [0.15, 0.2) is 71.9 Å². The lowest BCUT2D eigenvalue weighted by atomic mass is 10.0. The molecule has 1 aliphatic heterocycles. The average molecular weight is 384 g/mol. The molecular weight excluding hydrogens is 364 g/mol. The Hall–Kier alpha value is -3.51. The van der Waals surface area contributed by atoms with Crippen LogP contribution < -0.4 is 10.4 Å². The van der Waals surface area contributed by atoms with Gasteiger partial charge in [-0.2, -0.15) is 0 Å². The van der Waals surface area contributed by atoms with E-state index in [0.29, 0.717) is 11.5 Å². The summed E-state index contributed by atoms with van der Waals surface area (Å²) in [5.41, 5.74) is 6.67. The van der Waals surface area contributed by atoms with Crippen molar-refractivity contribution < 1.29 is 10.0 Å². The van der Waals surface area contributed by atoms with E-state index in [-0.39, 0.29) is 0 Å². The molecule has 2 aliphatic rings. The van der Waals surface area contributed by atoms with Gasteiger partial charge in [0.25, 0.3) is 5.91 Å². The molecule has 0 radical (unpaired) electrons. The predicted octanol–water partition coefficient (Wildman–Crippen LogP) is 4.23. The number of carbonyl (C=O) groups excluding carboxylic acids is 1. The van der Waals surface area contributed by atoms with Crippen molar-refractivity contribution in [1.82, 2.24) is 10.5 Å². The molecule has 0 saturated heterocycles. The summed E-state index contributed by atoms with van der Waals surface area (Å²) >= 11 is 0. The van der Waals surface area contributed by atoms with E-state index in [1.165, 1.54) is 12.8 Å². The zero-order valence-electron chi connectivity index (χ0n) is 15.7. The first-order valence-corrected chi connectivity index (χ1v) is 9.70. The van der Waals surface area contributed by atoms with Crippen LogP contribution in [0.5, 0.6) is 0 Å². The largest absolute Gasteiger partial charge is 0.324 e. The number of rotatable bonds is 4. The summed E-state index contributed by atoms with van der Waals surface area (Å²) in [7, 11) is 0. The van der Waals surface area contributed by atoms with Crippen LogP contribution in [0.4, 0.5) is 17.2 Å². The highest BCUT2D eigenvalue weighted by Crippen LogP contribution is 2.42. The molecule has 0 atom stereocenters. The molecule has 0 bridgehead atoms. The number of pyridine rings is 1. The number of hydrogen-bond donors (Lipinski definition) is 2. The molecule has 1 fully saturated rings. The summed E-state index contributed by atoms with van der Waals surface area (Å²) < 4.78 is 0. The number of nitrogens with one attached hydrogen (secondary N) is 1. The van der Waals surface area contributed by atoms with Crippen molar-refractivity contribution >= 4 is 28.8 Å². The third-order valence-electron chi connectivity index (χ3n) is 5.36. The van der Waals surface area contributed by atoms with E-state index < -0.39 is 5.91 Å². The summed E-state index contributed by atoms with van der Waals surface area (Å²) in [4.78, 5) is 23.7. The van der Waals surface area contributed by atoms with Crippen molar-refractivity contribution in [2.24, 2.45) is 10.9 Å². The van der Waals surface area contributed by atoms with Gasteiger partial charge in [0, 0.05) is 29.4 Å². The minimum absolute atomic E-state index is 0.382. The SMILES string of the molecule is O=C(NO)c1ccc(C2=Nc3ccccc3N(CC3CC3)c3ncccc32)cc1. The van der Waals surface area contributed by atoms with E-state index in [0.717, 1.165) is 40.6 Å². The van der Waals surface area contributed by atoms with Crippen LogP contribution in [0.25, 0.3) is 0 Å². The predicted molar refractivity (Wildman–Crippen MR) is 111 cm³/mol. The third kappa shape index (κ3) is 3.28. The Morgan fingerprint density at radius 1 is 1.07 bits per heavy atom. The second kappa shape index (κ2) is 7.14. The zero-order valence-corrected chi connectivity index (χ0v) is 15.7. The van der Waals surface area contributed by atoms with Crippen molar-refractivity contribution in [3.05, 3.63) is 83.6 Å². The minimum Gasteiger partial charge on any atom is -0.324 e. The molecule has 144 valence electrons. The fourth-order valence-electron chi connectivity index (χ4n) is 3.69. The quantitative estimate of drug-likeness (QED) is 0.521. The van der Waals surface area contributed by atoms with Gasteiger partial charge in [0.15, 0.2) is 0 Å². The fraction of sp³-hybridized carbons (Fsp3) is 0.174. The molecule has 3 aromatic rings. The van der Waals surface area contributed by atoms with Crippen molar-refractivity contribution in [3.8, 4) is 0 Å². The number of fused-ring (bicyclic) bond motifs is 2. The number of hydroxylamine groups is 1. The standard InChI is InChI=1S/C23H20N4O2/c28-23(26-29)17-11-9-16(10-12-17)21-18-4-3-13-24-22(18)27(14-15-7-8-15)20-6-2-1-5-19(20)25-21/h1-6,9-13,15,29H,7-8,14H2,(H,26,28). The van der Waals surface area contributed by atoms with Gasteiger partial charge in [0.05, 0.1) is 17.1 Å². The molecular formula is C23H20N4O2. The van der Waals surface area contributed by atoms with Gasteiger partial charge in [-0.15, -0.1) is 0 Å². The summed E-state index contributed by atoms with van der Waals surface area (Å²) in [5, 5.41) is 8.85. The number of nitrogens with zero attached hydrogens (tertiary/aromatic N) is 3. The molecule has 6 nitrogen and oxygen atoms in total. The summed E-state index contributed by atoms with van der Waals surface area (Å²) in [5.74, 6) is 1.05. The van der Waals surface area contributed by atoms with Gasteiger partial charge in [-0.1, -0.05) is 24.3 Å². The third-order valence-corrected chi connectivity index (χ3v) is 5.36. The maximum atomic E-state index is 11.7. The van der Waals surface area contributed by atoms with E-state index in [4.69, 9.17) is 15.2 Å². The molecule has 2 heterocycles. The minimum atomic E-state index is -0.539. The molecule has 1 aliphatic carbocycles. The van der Waals surface area contributed by atoms with E-state index in [2.05, 4.69) is 11.0 Å². The molecule has 2 aromatic carbocycles. The number of hydrogen-bond acceptors (Lipinski definition) is 5. The number of amides is 1. The average Bonchev–Trinajstić information content (AvgIpc) is 3.61. The highest BCUT2D eigenvalue weighted by molar-refractivity contribution is 6.18. The van der Waals surface area contributed by atoms with Crippen molar-refractivity contribution in [2.45, 2.75) is 12.8 Å². The Morgan fingerprint density at radius 2 is 1.86 bits per heavy atom. The summed E-state index contributed by atoms with van der Waals surface area (Å²) in [6.45, 7) is 0.930. The first-order valence-electron chi connectivity index (χ1n) is 9.70. The monoisotopic (exact) mass is 384 g/mol. The smallest absolute Gasteiger partial charge is 0.274 e. The van der Waals surface area contributed by atoms with E-state index in [9.17, 15) is 4.79 Å². The highest BCUT2D eigenvalue weighted by atomic mass is 16.5. The van der Waals surface area contributed by atoms with Gasteiger partial charge in [0.2, 0.25) is 0 Å². The molecule has 1 amide bonds. The zero-order chi connectivity index (χ0) is 19.8. The van der Waals surface area contributed by atoms with Crippen molar-refractivity contribution in [3.63, 3.8) is 0 Å². The Kier molecular flexibility index (Phi) is 4.33. The number of para-hydroxylation sites is 2. The van der Waals surface area contributed by atoms with Gasteiger partial charge < -0.3 is 4.90 Å². The Balaban J connectivity index is 1.66. The molecule has 1 aromatic heterocycles. The van der Waals surface area contributed by atoms with Crippen LogP contribution >= 0.6 is 0 Å². The lowest BCUT2D eigenvalue weighted by Crippen LogP contribution is -2.22. The molecule has 0 spiro atoms. The fourth-order valence-corrected chi connectivity index (χ4v) is 3.69. The molecule has 29 heavy (non-hydrogen) atoms. The van der Waals surface area contributed by atoms with Crippen LogP contribution in [-0.2, 0) is 0 Å². The molecule has 2 N–H and O–H groups in total. The van der Waals surface area contributed by atoms with Gasteiger partial charge in [0.1, 0.15) is 5.82 Å². The van der Waals surface area contributed by atoms with E-state index in [1.54, 1.807) is 17.6 Å². The topological polar surface area (TPSA) is 77.8 Å². The normalized spacial score (nSPS) is 15.1. The van der Waals surface area contributed by atoms with Crippen LogP contribution in [0.2, 0.25) is 0 Å². The van der Waals surface area contributed by atoms with Crippen molar-refractivity contribution in [1.29, 1.82) is 0 Å².